The molecule has 8 nitrogen and oxygen atoms in total. The normalized spacial score (nSPS) is 15.5. The molecule has 0 bridgehead atoms. The van der Waals surface area contributed by atoms with Gasteiger partial charge >= 0.3 is 11.9 Å². The molecule has 1 aromatic heterocycles. The van der Waals surface area contributed by atoms with Crippen molar-refractivity contribution in [2.45, 2.75) is 6.92 Å². The molecule has 25 heavy (non-hydrogen) atoms. The average Bonchev–Trinajstić information content (AvgIpc) is 2.91. The van der Waals surface area contributed by atoms with Gasteiger partial charge in [-0.1, -0.05) is 0 Å². The molecule has 0 amide bonds. The predicted octanol–water partition coefficient (Wildman–Crippen LogP) is 1.08. The average molecular weight is 386 g/mol. The van der Waals surface area contributed by atoms with Crippen LogP contribution in [0.4, 0.5) is 5.00 Å². The van der Waals surface area contributed by atoms with E-state index in [1.54, 1.807) is 6.92 Å². The number of hydrogen-bond acceptors (Lipinski definition) is 8. The molecular weight excluding hydrogens is 364 g/mol. The first-order chi connectivity index (χ1) is 11.9. The Kier molecular flexibility index (Phi) is 6.71. The number of thiocarbonyl (C=S) groups is 1. The molecule has 1 aromatic rings. The van der Waals surface area contributed by atoms with E-state index in [-0.39, 0.29) is 5.56 Å². The molecule has 0 radical (unpaired) electrons. The van der Waals surface area contributed by atoms with Gasteiger partial charge in [-0.3, -0.25) is 5.43 Å². The fourth-order valence-electron chi connectivity index (χ4n) is 2.43. The van der Waals surface area contributed by atoms with Crippen molar-refractivity contribution in [2.24, 2.45) is 0 Å². The van der Waals surface area contributed by atoms with Crippen LogP contribution in [0.25, 0.3) is 0 Å². The Morgan fingerprint density at radius 3 is 2.28 bits per heavy atom. The molecule has 0 saturated carbocycles. The van der Waals surface area contributed by atoms with Gasteiger partial charge in [0.1, 0.15) is 9.88 Å². The fraction of sp³-hybridized carbons (Fsp3) is 0.533. The quantitative estimate of drug-likeness (QED) is 0.583. The number of anilines is 1. The van der Waals surface area contributed by atoms with Crippen LogP contribution in [0.2, 0.25) is 0 Å². The first kappa shape index (κ1) is 19.6. The van der Waals surface area contributed by atoms with Gasteiger partial charge in [-0.25, -0.2) is 14.6 Å². The monoisotopic (exact) mass is 386 g/mol. The number of hydrogen-bond donors (Lipinski definition) is 2. The number of rotatable bonds is 4. The maximum Gasteiger partial charge on any atom is 0.348 e. The number of nitrogens with one attached hydrogen (secondary N) is 2. The zero-order chi connectivity index (χ0) is 18.6. The number of methoxy groups -OCH3 is 2. The Labute approximate surface area is 156 Å². The second-order valence-corrected chi connectivity index (χ2v) is 7.03. The summed E-state index contributed by atoms with van der Waals surface area (Å²) in [5.74, 6) is -1.03. The minimum absolute atomic E-state index is 0.287. The molecule has 1 fully saturated rings. The molecule has 0 atom stereocenters. The van der Waals surface area contributed by atoms with Gasteiger partial charge in [-0.05, 0) is 31.8 Å². The molecule has 0 unspecified atom stereocenters. The summed E-state index contributed by atoms with van der Waals surface area (Å²) >= 11 is 6.45. The molecule has 2 rings (SSSR count). The van der Waals surface area contributed by atoms with Crippen LogP contribution >= 0.6 is 23.6 Å². The Morgan fingerprint density at radius 1 is 1.12 bits per heavy atom. The Morgan fingerprint density at radius 2 is 1.72 bits per heavy atom. The first-order valence-corrected chi connectivity index (χ1v) is 8.91. The Hall–Kier alpha value is -1.75. The van der Waals surface area contributed by atoms with Crippen LogP contribution in [0.5, 0.6) is 0 Å². The molecule has 0 aromatic carbocycles. The molecular formula is C15H22N4O4S2. The van der Waals surface area contributed by atoms with E-state index in [9.17, 15) is 9.59 Å². The van der Waals surface area contributed by atoms with Crippen LogP contribution in [-0.2, 0) is 9.47 Å². The van der Waals surface area contributed by atoms with Gasteiger partial charge in [0.15, 0.2) is 5.11 Å². The van der Waals surface area contributed by atoms with Crippen LogP contribution in [0, 0.1) is 6.92 Å². The van der Waals surface area contributed by atoms with E-state index in [4.69, 9.17) is 21.7 Å². The lowest BCUT2D eigenvalue weighted by molar-refractivity contribution is 0.0601. The van der Waals surface area contributed by atoms with Crippen molar-refractivity contribution >= 4 is 45.6 Å². The van der Waals surface area contributed by atoms with Crippen LogP contribution in [-0.4, -0.2) is 74.4 Å². The van der Waals surface area contributed by atoms with E-state index in [2.05, 4.69) is 22.7 Å². The third-order valence-electron chi connectivity index (χ3n) is 3.90. The molecule has 0 spiro atoms. The van der Waals surface area contributed by atoms with Crippen LogP contribution < -0.4 is 10.7 Å². The van der Waals surface area contributed by atoms with Crippen molar-refractivity contribution in [3.63, 3.8) is 0 Å². The fourth-order valence-corrected chi connectivity index (χ4v) is 3.84. The molecule has 2 N–H and O–H groups in total. The predicted molar refractivity (Wildman–Crippen MR) is 100 cm³/mol. The van der Waals surface area contributed by atoms with Gasteiger partial charge in [0.25, 0.3) is 0 Å². The number of ether oxygens (including phenoxy) is 2. The van der Waals surface area contributed by atoms with E-state index in [0.717, 1.165) is 37.5 Å². The third kappa shape index (κ3) is 4.66. The van der Waals surface area contributed by atoms with E-state index in [1.165, 1.54) is 14.2 Å². The highest BCUT2D eigenvalue weighted by atomic mass is 32.1. The lowest BCUT2D eigenvalue weighted by Gasteiger charge is -2.33. The third-order valence-corrected chi connectivity index (χ3v) is 5.28. The zero-order valence-corrected chi connectivity index (χ0v) is 16.3. The van der Waals surface area contributed by atoms with Crippen molar-refractivity contribution < 1.29 is 19.1 Å². The second kappa shape index (κ2) is 8.56. The van der Waals surface area contributed by atoms with E-state index in [0.29, 0.717) is 20.6 Å². The van der Waals surface area contributed by atoms with Crippen LogP contribution in [0.3, 0.4) is 0 Å². The smallest absolute Gasteiger partial charge is 0.348 e. The van der Waals surface area contributed by atoms with Gasteiger partial charge in [-0.15, -0.1) is 11.3 Å². The second-order valence-electron chi connectivity index (χ2n) is 5.60. The summed E-state index contributed by atoms with van der Waals surface area (Å²) < 4.78 is 9.59. The van der Waals surface area contributed by atoms with Crippen molar-refractivity contribution in [2.75, 3.05) is 52.8 Å². The van der Waals surface area contributed by atoms with Gasteiger partial charge < -0.3 is 19.7 Å². The van der Waals surface area contributed by atoms with Gasteiger partial charge in [-0.2, -0.15) is 0 Å². The summed E-state index contributed by atoms with van der Waals surface area (Å²) in [5, 5.41) is 5.82. The number of likely N-dealkylation sites (N-methyl/N-ethyl adjacent to an activating group) is 1. The maximum absolute atomic E-state index is 12.1. The highest BCUT2D eigenvalue weighted by Crippen LogP contribution is 2.34. The minimum Gasteiger partial charge on any atom is -0.465 e. The summed E-state index contributed by atoms with van der Waals surface area (Å²) in [4.78, 5) is 26.6. The Balaban J connectivity index is 2.15. The lowest BCUT2D eigenvalue weighted by Crippen LogP contribution is -2.53. The zero-order valence-electron chi connectivity index (χ0n) is 14.7. The number of thiophene rings is 1. The SMILES string of the molecule is COC(=O)c1sc(NC(=S)NN2CCN(C)CC2)c(C(=O)OC)c1C. The van der Waals surface area contributed by atoms with E-state index in [1.807, 2.05) is 5.01 Å². The minimum atomic E-state index is -0.534. The standard InChI is InChI=1S/C15H22N4O4S2/c1-9-10(13(20)22-3)12(25-11(9)14(21)23-4)16-15(24)17-19-7-5-18(2)6-8-19/h5-8H2,1-4H3,(H2,16,17,24). The molecule has 1 aliphatic rings. The Bertz CT molecular complexity index is 669. The number of carbonyl (C=O) groups excluding carboxylic acids is 2. The van der Waals surface area contributed by atoms with E-state index >= 15 is 0 Å². The van der Waals surface area contributed by atoms with E-state index < -0.39 is 11.9 Å². The highest BCUT2D eigenvalue weighted by Gasteiger charge is 2.26. The summed E-state index contributed by atoms with van der Waals surface area (Å²) in [6.45, 7) is 5.22. The number of hydrazine groups is 1. The molecule has 0 aliphatic carbocycles. The number of esters is 2. The van der Waals surface area contributed by atoms with Gasteiger partial charge in [0, 0.05) is 26.2 Å². The van der Waals surface area contributed by atoms with Gasteiger partial charge in [0.05, 0.1) is 19.8 Å². The summed E-state index contributed by atoms with van der Waals surface area (Å²) in [6, 6.07) is 0. The van der Waals surface area contributed by atoms with Crippen molar-refractivity contribution in [3.8, 4) is 0 Å². The van der Waals surface area contributed by atoms with Gasteiger partial charge in [0.2, 0.25) is 0 Å². The molecule has 2 heterocycles. The van der Waals surface area contributed by atoms with Crippen molar-refractivity contribution in [1.82, 2.24) is 15.3 Å². The van der Waals surface area contributed by atoms with Crippen molar-refractivity contribution in [1.29, 1.82) is 0 Å². The first-order valence-electron chi connectivity index (χ1n) is 7.68. The summed E-state index contributed by atoms with van der Waals surface area (Å²) in [6.07, 6.45) is 0. The number of piperazine rings is 1. The molecule has 10 heteroatoms. The van der Waals surface area contributed by atoms with Crippen LogP contribution in [0.15, 0.2) is 0 Å². The summed E-state index contributed by atoms with van der Waals surface area (Å²) in [7, 11) is 4.66. The molecule has 1 aliphatic heterocycles. The molecule has 138 valence electrons. The number of carbonyl (C=O) groups is 2. The lowest BCUT2D eigenvalue weighted by atomic mass is 10.1. The number of nitrogens with zero attached hydrogens (tertiary/aromatic N) is 2. The van der Waals surface area contributed by atoms with Crippen molar-refractivity contribution in [3.05, 3.63) is 16.0 Å². The largest absolute Gasteiger partial charge is 0.465 e. The highest BCUT2D eigenvalue weighted by molar-refractivity contribution is 7.80. The maximum atomic E-state index is 12.1. The molecule has 1 saturated heterocycles. The van der Waals surface area contributed by atoms with Crippen LogP contribution in [0.1, 0.15) is 25.6 Å². The topological polar surface area (TPSA) is 83.1 Å². The summed E-state index contributed by atoms with van der Waals surface area (Å²) in [5.41, 5.74) is 3.90.